The fourth-order valence-electron chi connectivity index (χ4n) is 2.89. The number of benzene rings is 2. The monoisotopic (exact) mass is 379 g/mol. The van der Waals surface area contributed by atoms with E-state index in [-0.39, 0.29) is 13.0 Å². The number of carbonyl (C=O) groups is 1. The van der Waals surface area contributed by atoms with Crippen molar-refractivity contribution in [3.05, 3.63) is 54.1 Å². The summed E-state index contributed by atoms with van der Waals surface area (Å²) in [5.41, 5.74) is 2.58. The van der Waals surface area contributed by atoms with E-state index < -0.39 is 5.97 Å². The smallest absolute Gasteiger partial charge is 0.338 e. The Morgan fingerprint density at radius 1 is 0.857 bits per heavy atom. The highest BCUT2D eigenvalue weighted by Crippen LogP contribution is 2.23. The van der Waals surface area contributed by atoms with E-state index in [0.717, 1.165) is 29.9 Å². The summed E-state index contributed by atoms with van der Waals surface area (Å²) in [6.07, 6.45) is 7.74. The largest absolute Gasteiger partial charge is 0.494 e. The first-order chi connectivity index (χ1) is 13.7. The van der Waals surface area contributed by atoms with Gasteiger partial charge in [-0.1, -0.05) is 63.3 Å². The summed E-state index contributed by atoms with van der Waals surface area (Å²) in [6, 6.07) is 17.2. The van der Waals surface area contributed by atoms with E-state index in [4.69, 9.17) is 14.7 Å². The second-order valence-corrected chi connectivity index (χ2v) is 6.76. The third-order valence-electron chi connectivity index (χ3n) is 4.52. The summed E-state index contributed by atoms with van der Waals surface area (Å²) in [4.78, 5) is 11.9. The minimum atomic E-state index is -0.403. The van der Waals surface area contributed by atoms with Gasteiger partial charge in [-0.2, -0.15) is 5.26 Å². The molecule has 0 aliphatic carbocycles. The Morgan fingerprint density at radius 2 is 1.46 bits per heavy atom. The second-order valence-electron chi connectivity index (χ2n) is 6.76. The molecule has 28 heavy (non-hydrogen) atoms. The molecule has 0 fully saturated rings. The van der Waals surface area contributed by atoms with Crippen LogP contribution in [0.25, 0.3) is 11.1 Å². The summed E-state index contributed by atoms with van der Waals surface area (Å²) in [5.74, 6) is 0.482. The predicted molar refractivity (Wildman–Crippen MR) is 111 cm³/mol. The maximum Gasteiger partial charge on any atom is 0.338 e. The van der Waals surface area contributed by atoms with Crippen LogP contribution in [0.3, 0.4) is 0 Å². The molecule has 0 saturated heterocycles. The number of ether oxygens (including phenoxy) is 2. The number of hydrogen-bond donors (Lipinski definition) is 0. The van der Waals surface area contributed by atoms with Crippen molar-refractivity contribution in [3.63, 3.8) is 0 Å². The Kier molecular flexibility index (Phi) is 9.65. The lowest BCUT2D eigenvalue weighted by Gasteiger charge is -2.08. The molecule has 4 heteroatoms. The first kappa shape index (κ1) is 21.5. The van der Waals surface area contributed by atoms with Gasteiger partial charge < -0.3 is 9.47 Å². The number of nitrogens with zero attached hydrogens (tertiary/aromatic N) is 1. The highest BCUT2D eigenvalue weighted by Gasteiger charge is 2.07. The van der Waals surface area contributed by atoms with Crippen molar-refractivity contribution >= 4 is 5.97 Å². The topological polar surface area (TPSA) is 59.3 Å². The zero-order valence-electron chi connectivity index (χ0n) is 16.7. The minimum Gasteiger partial charge on any atom is -0.494 e. The van der Waals surface area contributed by atoms with Gasteiger partial charge in [-0.3, -0.25) is 0 Å². The number of rotatable bonds is 12. The van der Waals surface area contributed by atoms with Gasteiger partial charge >= 0.3 is 5.97 Å². The van der Waals surface area contributed by atoms with Gasteiger partial charge in [0.05, 0.1) is 24.7 Å². The molecule has 0 amide bonds. The van der Waals surface area contributed by atoms with Gasteiger partial charge in [0, 0.05) is 0 Å². The van der Waals surface area contributed by atoms with Gasteiger partial charge in [0.1, 0.15) is 12.4 Å². The van der Waals surface area contributed by atoms with Crippen LogP contribution in [0, 0.1) is 11.3 Å². The van der Waals surface area contributed by atoms with Gasteiger partial charge in [0.2, 0.25) is 0 Å². The van der Waals surface area contributed by atoms with Crippen LogP contribution in [0.5, 0.6) is 5.75 Å². The summed E-state index contributed by atoms with van der Waals surface area (Å²) < 4.78 is 10.8. The van der Waals surface area contributed by atoms with E-state index in [9.17, 15) is 4.79 Å². The molecule has 2 aromatic carbocycles. The molecular weight excluding hydrogens is 350 g/mol. The van der Waals surface area contributed by atoms with Crippen LogP contribution in [-0.2, 0) is 4.74 Å². The quantitative estimate of drug-likeness (QED) is 0.327. The Morgan fingerprint density at radius 3 is 2.11 bits per heavy atom. The summed E-state index contributed by atoms with van der Waals surface area (Å²) >= 11 is 0. The number of carbonyl (C=O) groups excluding carboxylic acids is 1. The van der Waals surface area contributed by atoms with Gasteiger partial charge in [-0.25, -0.2) is 4.79 Å². The fraction of sp³-hybridized carbons (Fsp3) is 0.417. The lowest BCUT2D eigenvalue weighted by atomic mass is 10.0. The van der Waals surface area contributed by atoms with Crippen molar-refractivity contribution < 1.29 is 14.3 Å². The molecule has 0 bridgehead atoms. The third-order valence-corrected chi connectivity index (χ3v) is 4.52. The van der Waals surface area contributed by atoms with Crippen molar-refractivity contribution in [1.29, 1.82) is 5.26 Å². The van der Waals surface area contributed by atoms with Gasteiger partial charge in [-0.15, -0.1) is 0 Å². The Labute approximate surface area is 168 Å². The molecular formula is C24H29NO3. The molecule has 4 nitrogen and oxygen atoms in total. The zero-order valence-corrected chi connectivity index (χ0v) is 16.7. The van der Waals surface area contributed by atoms with Gasteiger partial charge in [-0.05, 0) is 41.8 Å². The second kappa shape index (κ2) is 12.6. The molecule has 0 spiro atoms. The molecule has 148 valence electrons. The van der Waals surface area contributed by atoms with Crippen molar-refractivity contribution in [3.8, 4) is 22.9 Å². The molecule has 2 rings (SSSR count). The maximum absolute atomic E-state index is 11.9. The molecule has 0 aromatic heterocycles. The third kappa shape index (κ3) is 7.44. The summed E-state index contributed by atoms with van der Waals surface area (Å²) in [5, 5.41) is 8.48. The maximum atomic E-state index is 11.9. The number of nitriles is 1. The van der Waals surface area contributed by atoms with E-state index in [1.807, 2.05) is 42.5 Å². The number of esters is 1. The SMILES string of the molecule is CCCCCCCCOc1ccc(-c2ccc(C(=O)OCCC#N)cc2)cc1. The highest BCUT2D eigenvalue weighted by molar-refractivity contribution is 5.90. The average Bonchev–Trinajstić information content (AvgIpc) is 2.74. The van der Waals surface area contributed by atoms with Gasteiger partial charge in [0.15, 0.2) is 0 Å². The summed E-state index contributed by atoms with van der Waals surface area (Å²) in [7, 11) is 0. The Bertz CT molecular complexity index is 745. The van der Waals surface area contributed by atoms with E-state index in [0.29, 0.717) is 5.56 Å². The highest BCUT2D eigenvalue weighted by atomic mass is 16.5. The summed E-state index contributed by atoms with van der Waals surface area (Å²) in [6.45, 7) is 3.11. The fourth-order valence-corrected chi connectivity index (χ4v) is 2.89. The lowest BCUT2D eigenvalue weighted by Crippen LogP contribution is -2.05. The Balaban J connectivity index is 1.79. The molecule has 0 atom stereocenters. The van der Waals surface area contributed by atoms with Crippen LogP contribution in [-0.4, -0.2) is 19.2 Å². The van der Waals surface area contributed by atoms with Crippen molar-refractivity contribution in [2.45, 2.75) is 51.9 Å². The predicted octanol–water partition coefficient (Wildman–Crippen LogP) is 6.16. The van der Waals surface area contributed by atoms with Crippen LogP contribution in [0.4, 0.5) is 0 Å². The molecule has 0 aliphatic heterocycles. The minimum absolute atomic E-state index is 0.122. The van der Waals surface area contributed by atoms with Crippen LogP contribution in [0.15, 0.2) is 48.5 Å². The molecule has 0 radical (unpaired) electrons. The molecule has 2 aromatic rings. The standard InChI is InChI=1S/C24H29NO3/c1-2-3-4-5-6-7-18-27-23-15-13-21(14-16-23)20-9-11-22(12-10-20)24(26)28-19-8-17-25/h9-16H,2-8,18-19H2,1H3. The van der Waals surface area contributed by atoms with Crippen molar-refractivity contribution in [2.75, 3.05) is 13.2 Å². The van der Waals surface area contributed by atoms with E-state index in [1.54, 1.807) is 12.1 Å². The first-order valence-electron chi connectivity index (χ1n) is 10.1. The molecule has 0 heterocycles. The zero-order chi connectivity index (χ0) is 20.0. The van der Waals surface area contributed by atoms with Crippen LogP contribution < -0.4 is 4.74 Å². The number of hydrogen-bond acceptors (Lipinski definition) is 4. The van der Waals surface area contributed by atoms with Crippen LogP contribution in [0.2, 0.25) is 0 Å². The van der Waals surface area contributed by atoms with Crippen molar-refractivity contribution in [1.82, 2.24) is 0 Å². The average molecular weight is 380 g/mol. The van der Waals surface area contributed by atoms with E-state index in [2.05, 4.69) is 6.92 Å². The van der Waals surface area contributed by atoms with Crippen LogP contribution in [0.1, 0.15) is 62.2 Å². The normalized spacial score (nSPS) is 10.3. The lowest BCUT2D eigenvalue weighted by molar-refractivity contribution is 0.0513. The molecule has 0 saturated carbocycles. The van der Waals surface area contributed by atoms with Gasteiger partial charge in [0.25, 0.3) is 0 Å². The molecule has 0 N–H and O–H groups in total. The molecule has 0 aliphatic rings. The Hall–Kier alpha value is -2.80. The number of unbranched alkanes of at least 4 members (excludes halogenated alkanes) is 5. The van der Waals surface area contributed by atoms with Crippen LogP contribution >= 0.6 is 0 Å². The van der Waals surface area contributed by atoms with E-state index >= 15 is 0 Å². The van der Waals surface area contributed by atoms with Crippen molar-refractivity contribution in [2.24, 2.45) is 0 Å². The van der Waals surface area contributed by atoms with E-state index in [1.165, 1.54) is 32.1 Å². The first-order valence-corrected chi connectivity index (χ1v) is 10.1. The molecule has 0 unspecified atom stereocenters.